The lowest BCUT2D eigenvalue weighted by Crippen LogP contribution is -2.15. The van der Waals surface area contributed by atoms with Gasteiger partial charge >= 0.3 is 6.36 Å². The second kappa shape index (κ2) is 3.99. The van der Waals surface area contributed by atoms with Crippen LogP contribution >= 0.6 is 11.6 Å². The Hall–Kier alpha value is -1.20. The van der Waals surface area contributed by atoms with Crippen molar-refractivity contribution >= 4 is 22.5 Å². The second-order valence-corrected chi connectivity index (χ2v) is 3.59. The molecular formula is C10H7ClF3NO. The quantitative estimate of drug-likeness (QED) is 0.801. The number of rotatable bonds is 2. The summed E-state index contributed by atoms with van der Waals surface area (Å²) in [7, 11) is 0. The average Bonchev–Trinajstić information content (AvgIpc) is 2.58. The molecule has 0 aliphatic carbocycles. The first-order valence-corrected chi connectivity index (χ1v) is 4.85. The van der Waals surface area contributed by atoms with Crippen LogP contribution in [-0.4, -0.2) is 11.3 Å². The number of H-pyrrole nitrogens is 1. The molecule has 2 aromatic rings. The summed E-state index contributed by atoms with van der Waals surface area (Å²) in [6, 6.07) is 8.60. The number of alkyl halides is 4. The minimum atomic E-state index is -4.75. The van der Waals surface area contributed by atoms with E-state index in [1.54, 1.807) is 24.3 Å². The smallest absolute Gasteiger partial charge is 0.355 e. The monoisotopic (exact) mass is 249 g/mol. The highest BCUT2D eigenvalue weighted by molar-refractivity contribution is 6.20. The number of aromatic nitrogens is 1. The molecule has 1 aromatic heterocycles. The van der Waals surface area contributed by atoms with E-state index in [9.17, 15) is 13.2 Å². The molecule has 0 bridgehead atoms. The minimum Gasteiger partial charge on any atom is -0.355 e. The summed E-state index contributed by atoms with van der Waals surface area (Å²) in [5, 5.41) is 0.786. The molecule has 1 N–H and O–H groups in total. The molecule has 0 fully saturated rings. The van der Waals surface area contributed by atoms with Crippen LogP contribution in [0.3, 0.4) is 0 Å². The fourth-order valence-electron chi connectivity index (χ4n) is 1.40. The molecule has 1 heterocycles. The summed E-state index contributed by atoms with van der Waals surface area (Å²) in [5.41, 5.74) is -0.665. The summed E-state index contributed by atoms with van der Waals surface area (Å²) >= 11 is 5.49. The van der Waals surface area contributed by atoms with Crippen LogP contribution in [0.5, 0.6) is 0 Å². The molecule has 6 heteroatoms. The van der Waals surface area contributed by atoms with Crippen LogP contribution in [-0.2, 0) is 4.74 Å². The standard InChI is InChI=1S/C10H7ClF3NO/c11-9(16-10(12,13)14)8-5-6-3-1-2-4-7(6)15-8/h1-5,9,15H. The van der Waals surface area contributed by atoms with Gasteiger partial charge in [0, 0.05) is 5.52 Å². The maximum Gasteiger partial charge on any atom is 0.524 e. The number of hydrogen-bond donors (Lipinski definition) is 1. The Morgan fingerprint density at radius 1 is 1.25 bits per heavy atom. The predicted molar refractivity (Wildman–Crippen MR) is 54.0 cm³/mol. The Balaban J connectivity index is 2.26. The van der Waals surface area contributed by atoms with Crippen LogP contribution in [0.2, 0.25) is 0 Å². The van der Waals surface area contributed by atoms with Gasteiger partial charge in [-0.05, 0) is 17.5 Å². The Kier molecular flexibility index (Phi) is 2.82. The molecule has 0 amide bonds. The third-order valence-electron chi connectivity index (χ3n) is 2.03. The largest absolute Gasteiger partial charge is 0.524 e. The van der Waals surface area contributed by atoms with E-state index in [-0.39, 0.29) is 5.69 Å². The lowest BCUT2D eigenvalue weighted by atomic mass is 10.2. The van der Waals surface area contributed by atoms with Gasteiger partial charge in [0.25, 0.3) is 0 Å². The number of para-hydroxylation sites is 1. The molecule has 1 aromatic carbocycles. The zero-order valence-corrected chi connectivity index (χ0v) is 8.64. The first kappa shape index (κ1) is 11.3. The summed E-state index contributed by atoms with van der Waals surface area (Å²) in [6.45, 7) is 0. The van der Waals surface area contributed by atoms with Crippen LogP contribution in [0, 0.1) is 0 Å². The molecule has 0 spiro atoms. The molecule has 86 valence electrons. The van der Waals surface area contributed by atoms with Gasteiger partial charge in [0.05, 0.1) is 5.69 Å². The van der Waals surface area contributed by atoms with Gasteiger partial charge in [-0.15, -0.1) is 13.2 Å². The highest BCUT2D eigenvalue weighted by atomic mass is 35.5. The topological polar surface area (TPSA) is 25.0 Å². The van der Waals surface area contributed by atoms with E-state index in [0.717, 1.165) is 5.39 Å². The normalized spacial score (nSPS) is 14.2. The number of ether oxygens (including phenoxy) is 1. The van der Waals surface area contributed by atoms with Crippen molar-refractivity contribution in [3.05, 3.63) is 36.0 Å². The predicted octanol–water partition coefficient (Wildman–Crippen LogP) is 3.94. The lowest BCUT2D eigenvalue weighted by Gasteiger charge is -2.11. The molecule has 2 nitrogen and oxygen atoms in total. The highest BCUT2D eigenvalue weighted by Gasteiger charge is 2.34. The molecule has 0 aliphatic rings. The van der Waals surface area contributed by atoms with Crippen molar-refractivity contribution in [2.45, 2.75) is 11.9 Å². The van der Waals surface area contributed by atoms with Gasteiger partial charge in [-0.2, -0.15) is 0 Å². The zero-order chi connectivity index (χ0) is 11.8. The van der Waals surface area contributed by atoms with E-state index in [0.29, 0.717) is 5.52 Å². The van der Waals surface area contributed by atoms with Gasteiger partial charge in [-0.25, -0.2) is 0 Å². The summed E-state index contributed by atoms with van der Waals surface area (Å²) in [5.74, 6) is 0. The van der Waals surface area contributed by atoms with E-state index in [1.165, 1.54) is 6.07 Å². The van der Waals surface area contributed by atoms with Crippen LogP contribution in [0.4, 0.5) is 13.2 Å². The molecule has 0 saturated carbocycles. The van der Waals surface area contributed by atoms with Crippen molar-refractivity contribution < 1.29 is 17.9 Å². The highest BCUT2D eigenvalue weighted by Crippen LogP contribution is 2.31. The maximum absolute atomic E-state index is 11.9. The summed E-state index contributed by atoms with van der Waals surface area (Å²) in [6.07, 6.45) is -4.75. The molecular weight excluding hydrogens is 243 g/mol. The third kappa shape index (κ3) is 2.48. The van der Waals surface area contributed by atoms with Crippen LogP contribution in [0.25, 0.3) is 10.9 Å². The Morgan fingerprint density at radius 3 is 2.56 bits per heavy atom. The molecule has 1 atom stereocenters. The van der Waals surface area contributed by atoms with E-state index in [1.807, 2.05) is 0 Å². The van der Waals surface area contributed by atoms with Crippen molar-refractivity contribution in [1.82, 2.24) is 4.98 Å². The molecule has 1 unspecified atom stereocenters. The van der Waals surface area contributed by atoms with E-state index < -0.39 is 11.9 Å². The summed E-state index contributed by atoms with van der Waals surface area (Å²) < 4.78 is 39.5. The van der Waals surface area contributed by atoms with Crippen molar-refractivity contribution in [1.29, 1.82) is 0 Å². The number of benzene rings is 1. The van der Waals surface area contributed by atoms with Gasteiger partial charge < -0.3 is 4.98 Å². The van der Waals surface area contributed by atoms with Gasteiger partial charge in [0.1, 0.15) is 0 Å². The van der Waals surface area contributed by atoms with Gasteiger partial charge in [-0.3, -0.25) is 4.74 Å². The van der Waals surface area contributed by atoms with Crippen molar-refractivity contribution in [3.8, 4) is 0 Å². The molecule has 16 heavy (non-hydrogen) atoms. The second-order valence-electron chi connectivity index (χ2n) is 3.19. The Labute approximate surface area is 94.0 Å². The molecule has 0 aliphatic heterocycles. The third-order valence-corrected chi connectivity index (χ3v) is 2.36. The number of nitrogens with one attached hydrogen (secondary N) is 1. The van der Waals surface area contributed by atoms with Crippen LogP contribution in [0.15, 0.2) is 30.3 Å². The van der Waals surface area contributed by atoms with Gasteiger partial charge in [0.2, 0.25) is 0 Å². The Morgan fingerprint density at radius 2 is 1.94 bits per heavy atom. The van der Waals surface area contributed by atoms with E-state index >= 15 is 0 Å². The van der Waals surface area contributed by atoms with Crippen molar-refractivity contribution in [2.24, 2.45) is 0 Å². The SMILES string of the molecule is FC(F)(F)OC(Cl)c1cc2ccccc2[nH]1. The number of hydrogen-bond acceptors (Lipinski definition) is 1. The van der Waals surface area contributed by atoms with E-state index in [4.69, 9.17) is 11.6 Å². The number of aromatic amines is 1. The van der Waals surface area contributed by atoms with Gasteiger partial charge in [0.15, 0.2) is 5.56 Å². The Bertz CT molecular complexity index is 461. The number of halogens is 4. The van der Waals surface area contributed by atoms with E-state index in [2.05, 4.69) is 9.72 Å². The lowest BCUT2D eigenvalue weighted by molar-refractivity contribution is -0.333. The molecule has 0 radical (unpaired) electrons. The first-order chi connectivity index (χ1) is 7.46. The minimum absolute atomic E-state index is 0.181. The summed E-state index contributed by atoms with van der Waals surface area (Å²) in [4.78, 5) is 2.76. The maximum atomic E-state index is 11.9. The van der Waals surface area contributed by atoms with Crippen LogP contribution in [0.1, 0.15) is 11.3 Å². The van der Waals surface area contributed by atoms with Crippen molar-refractivity contribution in [2.75, 3.05) is 0 Å². The molecule has 2 rings (SSSR count). The molecule has 0 saturated heterocycles. The fourth-order valence-corrected chi connectivity index (χ4v) is 1.62. The van der Waals surface area contributed by atoms with Gasteiger partial charge in [-0.1, -0.05) is 29.8 Å². The first-order valence-electron chi connectivity index (χ1n) is 4.42. The van der Waals surface area contributed by atoms with Crippen molar-refractivity contribution in [3.63, 3.8) is 0 Å². The zero-order valence-electron chi connectivity index (χ0n) is 7.88. The number of fused-ring (bicyclic) bond motifs is 1. The average molecular weight is 250 g/mol. The fraction of sp³-hybridized carbons (Fsp3) is 0.200. The van der Waals surface area contributed by atoms with Crippen LogP contribution < -0.4 is 0 Å².